The molecule has 3 rings (SSSR count). The number of nitriles is 1. The van der Waals surface area contributed by atoms with Gasteiger partial charge in [-0.05, 0) is 34.6 Å². The molecule has 0 spiro atoms. The lowest BCUT2D eigenvalue weighted by atomic mass is 9.97. The van der Waals surface area contributed by atoms with E-state index >= 15 is 0 Å². The molecule has 0 aliphatic heterocycles. The number of thiazole rings is 2. The van der Waals surface area contributed by atoms with Crippen molar-refractivity contribution in [1.29, 1.82) is 5.26 Å². The summed E-state index contributed by atoms with van der Waals surface area (Å²) in [6.07, 6.45) is 0. The number of ether oxygens (including phenoxy) is 1. The Bertz CT molecular complexity index is 1110. The van der Waals surface area contributed by atoms with Crippen molar-refractivity contribution in [2.24, 2.45) is 5.41 Å². The van der Waals surface area contributed by atoms with E-state index in [0.29, 0.717) is 10.6 Å². The normalized spacial score (nSPS) is 12.3. The Morgan fingerprint density at radius 3 is 2.38 bits per heavy atom. The van der Waals surface area contributed by atoms with Gasteiger partial charge in [0.2, 0.25) is 0 Å². The fourth-order valence-corrected chi connectivity index (χ4v) is 4.25. The molecular weight excluding hydrogens is 402 g/mol. The van der Waals surface area contributed by atoms with Crippen LogP contribution in [-0.4, -0.2) is 15.9 Å². The number of esters is 1. The number of benzene rings is 1. The molecule has 0 saturated carbocycles. The molecule has 0 unspecified atom stereocenters. The fraction of sp³-hybridized carbons (Fsp3) is 0.273. The molecule has 0 N–H and O–H groups in total. The van der Waals surface area contributed by atoms with Gasteiger partial charge in [0, 0.05) is 10.9 Å². The molecule has 29 heavy (non-hydrogen) atoms. The molecule has 2 heterocycles. The zero-order valence-electron chi connectivity index (χ0n) is 16.9. The molecule has 0 atom stereocenters. The second-order valence-corrected chi connectivity index (χ2v) is 9.57. The van der Waals surface area contributed by atoms with Crippen LogP contribution in [-0.2, 0) is 9.53 Å². The molecular formula is C22H21N3O2S2. The van der Waals surface area contributed by atoms with Gasteiger partial charge in [0.05, 0.1) is 26.7 Å². The predicted molar refractivity (Wildman–Crippen MR) is 117 cm³/mol. The van der Waals surface area contributed by atoms with E-state index in [0.717, 1.165) is 21.3 Å². The highest BCUT2D eigenvalue weighted by molar-refractivity contribution is 7.13. The van der Waals surface area contributed by atoms with E-state index in [9.17, 15) is 10.1 Å². The average Bonchev–Trinajstić information content (AvgIpc) is 3.28. The zero-order valence-corrected chi connectivity index (χ0v) is 18.6. The van der Waals surface area contributed by atoms with Crippen LogP contribution in [0.3, 0.4) is 0 Å². The first-order valence-corrected chi connectivity index (χ1v) is 10.7. The van der Waals surface area contributed by atoms with Crippen molar-refractivity contribution < 1.29 is 9.53 Å². The largest absolute Gasteiger partial charge is 0.423 e. The van der Waals surface area contributed by atoms with E-state index in [-0.39, 0.29) is 11.3 Å². The topological polar surface area (TPSA) is 75.9 Å². The zero-order chi connectivity index (χ0) is 21.2. The number of rotatable bonds is 4. The highest BCUT2D eigenvalue weighted by Gasteiger charge is 2.29. The molecule has 0 fully saturated rings. The van der Waals surface area contributed by atoms with Gasteiger partial charge in [-0.1, -0.05) is 30.3 Å². The third-order valence-corrected chi connectivity index (χ3v) is 6.00. The molecule has 1 aromatic carbocycles. The van der Waals surface area contributed by atoms with Gasteiger partial charge < -0.3 is 4.74 Å². The van der Waals surface area contributed by atoms with Gasteiger partial charge >= 0.3 is 5.97 Å². The number of carbonyl (C=O) groups is 1. The van der Waals surface area contributed by atoms with Crippen molar-refractivity contribution in [2.45, 2.75) is 34.6 Å². The summed E-state index contributed by atoms with van der Waals surface area (Å²) in [5.74, 6) is -0.190. The molecule has 0 bridgehead atoms. The summed E-state index contributed by atoms with van der Waals surface area (Å²) in [5, 5.41) is 13.4. The van der Waals surface area contributed by atoms with Crippen LogP contribution in [0.2, 0.25) is 0 Å². The van der Waals surface area contributed by atoms with Crippen LogP contribution in [0, 0.1) is 30.6 Å². The quantitative estimate of drug-likeness (QED) is 0.298. The Hall–Kier alpha value is -2.82. The Kier molecular flexibility index (Phi) is 5.96. The fourth-order valence-electron chi connectivity index (χ4n) is 2.52. The number of nitrogens with zero attached hydrogens (tertiary/aromatic N) is 3. The summed E-state index contributed by atoms with van der Waals surface area (Å²) in [6.45, 7) is 9.06. The maximum atomic E-state index is 12.6. The van der Waals surface area contributed by atoms with Crippen LogP contribution < -0.4 is 0 Å². The molecule has 0 amide bonds. The molecule has 5 nitrogen and oxygen atoms in total. The first-order chi connectivity index (χ1) is 13.7. The molecule has 7 heteroatoms. The second-order valence-electron chi connectivity index (χ2n) is 7.51. The minimum absolute atomic E-state index is 0.223. The number of hydrogen-bond acceptors (Lipinski definition) is 7. The smallest absolute Gasteiger partial charge is 0.316 e. The first-order valence-electron chi connectivity index (χ1n) is 9.03. The lowest BCUT2D eigenvalue weighted by molar-refractivity contribution is -0.145. The molecule has 0 aliphatic carbocycles. The molecule has 0 radical (unpaired) electrons. The van der Waals surface area contributed by atoms with Crippen LogP contribution in [0.1, 0.15) is 42.0 Å². The van der Waals surface area contributed by atoms with Crippen molar-refractivity contribution in [1.82, 2.24) is 9.97 Å². The van der Waals surface area contributed by atoms with E-state index in [4.69, 9.17) is 4.74 Å². The van der Waals surface area contributed by atoms with Crippen molar-refractivity contribution in [3.05, 3.63) is 57.0 Å². The maximum absolute atomic E-state index is 12.6. The van der Waals surface area contributed by atoms with E-state index < -0.39 is 11.4 Å². The van der Waals surface area contributed by atoms with Crippen molar-refractivity contribution in [2.75, 3.05) is 0 Å². The highest BCUT2D eigenvalue weighted by atomic mass is 32.1. The van der Waals surface area contributed by atoms with Crippen LogP contribution in [0.4, 0.5) is 0 Å². The van der Waals surface area contributed by atoms with E-state index in [1.807, 2.05) is 49.6 Å². The van der Waals surface area contributed by atoms with Crippen LogP contribution in [0.5, 0.6) is 0 Å². The number of allylic oxidation sites excluding steroid dienone is 1. The standard InChI is InChI=1S/C22H21N3O2S2/c1-13-19(29-14(2)24-13)18(27-21(26)22(3,4)5)16(11-23)17-12-28-20(25-17)15-9-7-6-8-10-15/h6-10,12H,1-5H3. The lowest BCUT2D eigenvalue weighted by Gasteiger charge is -2.18. The highest BCUT2D eigenvalue weighted by Crippen LogP contribution is 2.36. The molecule has 0 saturated heterocycles. The predicted octanol–water partition coefficient (Wildman–Crippen LogP) is 5.86. The summed E-state index contributed by atoms with van der Waals surface area (Å²) in [7, 11) is 0. The van der Waals surface area contributed by atoms with Crippen molar-refractivity contribution in [3.63, 3.8) is 0 Å². The van der Waals surface area contributed by atoms with Gasteiger partial charge in [-0.15, -0.1) is 22.7 Å². The van der Waals surface area contributed by atoms with Crippen molar-refractivity contribution in [3.8, 4) is 16.6 Å². The summed E-state index contributed by atoms with van der Waals surface area (Å²) in [6, 6.07) is 12.0. The minimum atomic E-state index is -0.712. The third-order valence-electron chi connectivity index (χ3n) is 4.04. The molecule has 3 aromatic rings. The SMILES string of the molecule is Cc1nc(C)c(C(OC(=O)C(C)(C)C)=C(C#N)c2csc(-c3ccccc3)n2)s1. The molecule has 148 valence electrons. The summed E-state index contributed by atoms with van der Waals surface area (Å²) in [5.41, 5.74) is 1.69. The number of carbonyl (C=O) groups excluding carboxylic acids is 1. The van der Waals surface area contributed by atoms with Gasteiger partial charge in [-0.3, -0.25) is 4.79 Å². The van der Waals surface area contributed by atoms with Gasteiger partial charge in [0.1, 0.15) is 16.6 Å². The minimum Gasteiger partial charge on any atom is -0.423 e. The maximum Gasteiger partial charge on any atom is 0.316 e. The van der Waals surface area contributed by atoms with Crippen LogP contribution in [0.25, 0.3) is 21.9 Å². The second kappa shape index (κ2) is 8.27. The van der Waals surface area contributed by atoms with E-state index in [1.54, 1.807) is 20.8 Å². The Labute approximate surface area is 178 Å². The van der Waals surface area contributed by atoms with Gasteiger partial charge in [-0.25, -0.2) is 9.97 Å². The van der Waals surface area contributed by atoms with Gasteiger partial charge in [0.15, 0.2) is 5.76 Å². The molecule has 2 aromatic heterocycles. The average molecular weight is 424 g/mol. The molecule has 0 aliphatic rings. The number of aryl methyl sites for hydroxylation is 2. The Balaban J connectivity index is 2.15. The van der Waals surface area contributed by atoms with Gasteiger partial charge in [-0.2, -0.15) is 5.26 Å². The van der Waals surface area contributed by atoms with Crippen LogP contribution in [0.15, 0.2) is 35.7 Å². The lowest BCUT2D eigenvalue weighted by Crippen LogP contribution is -2.22. The third kappa shape index (κ3) is 4.61. The van der Waals surface area contributed by atoms with Gasteiger partial charge in [0.25, 0.3) is 0 Å². The van der Waals surface area contributed by atoms with E-state index in [1.165, 1.54) is 22.7 Å². The summed E-state index contributed by atoms with van der Waals surface area (Å²) in [4.78, 5) is 22.4. The summed E-state index contributed by atoms with van der Waals surface area (Å²) < 4.78 is 5.77. The van der Waals surface area contributed by atoms with Crippen LogP contribution >= 0.6 is 22.7 Å². The monoisotopic (exact) mass is 423 g/mol. The number of aromatic nitrogens is 2. The Morgan fingerprint density at radius 2 is 1.83 bits per heavy atom. The van der Waals surface area contributed by atoms with Crippen molar-refractivity contribution >= 4 is 40.0 Å². The van der Waals surface area contributed by atoms with E-state index in [2.05, 4.69) is 16.0 Å². The first kappa shape index (κ1) is 20.9. The number of hydrogen-bond donors (Lipinski definition) is 0. The summed E-state index contributed by atoms with van der Waals surface area (Å²) >= 11 is 2.84. The Morgan fingerprint density at radius 1 is 1.14 bits per heavy atom.